The predicted octanol–water partition coefficient (Wildman–Crippen LogP) is 2.20. The van der Waals surface area contributed by atoms with Crippen LogP contribution in [0.5, 0.6) is 0 Å². The Hall–Kier alpha value is -1.32. The summed E-state index contributed by atoms with van der Waals surface area (Å²) in [6, 6.07) is 9.47. The van der Waals surface area contributed by atoms with E-state index < -0.39 is 11.6 Å². The van der Waals surface area contributed by atoms with Gasteiger partial charge >= 0.3 is 0 Å². The number of nitrogens with two attached hydrogens (primary N) is 1. The topological polar surface area (TPSA) is 59.4 Å². The van der Waals surface area contributed by atoms with Gasteiger partial charge in [-0.2, -0.15) is 0 Å². The summed E-state index contributed by atoms with van der Waals surface area (Å²) in [6.45, 7) is 3.54. The molecule has 1 atom stereocenters. The van der Waals surface area contributed by atoms with Crippen molar-refractivity contribution >= 4 is 11.0 Å². The second-order valence-corrected chi connectivity index (χ2v) is 4.41. The van der Waals surface area contributed by atoms with E-state index in [-0.39, 0.29) is 0 Å². The molecule has 15 heavy (non-hydrogen) atoms. The van der Waals surface area contributed by atoms with Crippen LogP contribution in [0.2, 0.25) is 0 Å². The van der Waals surface area contributed by atoms with Crippen molar-refractivity contribution in [2.75, 3.05) is 0 Å². The van der Waals surface area contributed by atoms with Crippen molar-refractivity contribution < 1.29 is 9.52 Å². The van der Waals surface area contributed by atoms with Crippen molar-refractivity contribution in [1.82, 2.24) is 0 Å². The number of fused-ring (bicyclic) bond motifs is 1. The Morgan fingerprint density at radius 1 is 1.33 bits per heavy atom. The number of aliphatic hydroxyl groups is 1. The molecular weight excluding hydrogens is 190 g/mol. The van der Waals surface area contributed by atoms with Gasteiger partial charge in [-0.05, 0) is 26.0 Å². The molecule has 1 unspecified atom stereocenters. The van der Waals surface area contributed by atoms with Gasteiger partial charge in [-0.15, -0.1) is 0 Å². The van der Waals surface area contributed by atoms with Crippen LogP contribution in [0, 0.1) is 0 Å². The van der Waals surface area contributed by atoms with Gasteiger partial charge in [0.2, 0.25) is 0 Å². The van der Waals surface area contributed by atoms with Crippen LogP contribution < -0.4 is 5.73 Å². The predicted molar refractivity (Wildman–Crippen MR) is 59.4 cm³/mol. The van der Waals surface area contributed by atoms with Crippen molar-refractivity contribution in [3.63, 3.8) is 0 Å². The standard InChI is InChI=1S/C12H15NO2/c1-12(2,13)11(14)10-7-8-5-3-4-6-9(8)15-10/h3-7,11,14H,13H2,1-2H3. The molecular formula is C12H15NO2. The molecule has 3 nitrogen and oxygen atoms in total. The van der Waals surface area contributed by atoms with E-state index in [1.54, 1.807) is 13.8 Å². The summed E-state index contributed by atoms with van der Waals surface area (Å²) in [5.74, 6) is 0.517. The number of furan rings is 1. The quantitative estimate of drug-likeness (QED) is 0.790. The summed E-state index contributed by atoms with van der Waals surface area (Å²) >= 11 is 0. The van der Waals surface area contributed by atoms with Crippen molar-refractivity contribution in [2.45, 2.75) is 25.5 Å². The normalized spacial score (nSPS) is 14.4. The highest BCUT2D eigenvalue weighted by molar-refractivity contribution is 5.77. The Morgan fingerprint density at radius 2 is 2.00 bits per heavy atom. The number of para-hydroxylation sites is 1. The third kappa shape index (κ3) is 1.89. The SMILES string of the molecule is CC(C)(N)C(O)c1cc2ccccc2o1. The van der Waals surface area contributed by atoms with Crippen molar-refractivity contribution in [1.29, 1.82) is 0 Å². The van der Waals surface area contributed by atoms with Crippen LogP contribution in [0.25, 0.3) is 11.0 Å². The number of rotatable bonds is 2. The zero-order valence-electron chi connectivity index (χ0n) is 8.90. The molecule has 0 bridgehead atoms. The molecule has 1 aromatic carbocycles. The summed E-state index contributed by atoms with van der Waals surface area (Å²) in [4.78, 5) is 0. The van der Waals surface area contributed by atoms with Gasteiger partial charge in [0.25, 0.3) is 0 Å². The second-order valence-electron chi connectivity index (χ2n) is 4.41. The Bertz CT molecular complexity index is 435. The number of aliphatic hydroxyl groups excluding tert-OH is 1. The van der Waals surface area contributed by atoms with Gasteiger partial charge in [-0.25, -0.2) is 0 Å². The molecule has 0 spiro atoms. The average Bonchev–Trinajstić information content (AvgIpc) is 2.58. The van der Waals surface area contributed by atoms with E-state index in [1.807, 2.05) is 30.3 Å². The van der Waals surface area contributed by atoms with Crippen molar-refractivity contribution in [3.8, 4) is 0 Å². The Morgan fingerprint density at radius 3 is 2.60 bits per heavy atom. The first-order valence-corrected chi connectivity index (χ1v) is 4.94. The molecule has 0 aliphatic heterocycles. The van der Waals surface area contributed by atoms with Crippen molar-refractivity contribution in [3.05, 3.63) is 36.1 Å². The van der Waals surface area contributed by atoms with Gasteiger partial charge in [0.05, 0.1) is 0 Å². The smallest absolute Gasteiger partial charge is 0.135 e. The summed E-state index contributed by atoms with van der Waals surface area (Å²) in [5.41, 5.74) is 5.90. The molecule has 3 N–H and O–H groups in total. The maximum atomic E-state index is 9.94. The van der Waals surface area contributed by atoms with E-state index in [2.05, 4.69) is 0 Å². The molecule has 2 rings (SSSR count). The lowest BCUT2D eigenvalue weighted by Crippen LogP contribution is -2.38. The molecule has 1 heterocycles. The minimum Gasteiger partial charge on any atom is -0.458 e. The maximum absolute atomic E-state index is 9.94. The number of benzene rings is 1. The van der Waals surface area contributed by atoms with Gasteiger partial charge in [0.15, 0.2) is 0 Å². The molecule has 0 amide bonds. The van der Waals surface area contributed by atoms with Crippen LogP contribution >= 0.6 is 0 Å². The molecule has 0 aliphatic carbocycles. The highest BCUT2D eigenvalue weighted by Gasteiger charge is 2.27. The minimum atomic E-state index is -0.787. The molecule has 0 aliphatic rings. The number of hydrogen-bond donors (Lipinski definition) is 2. The molecule has 80 valence electrons. The second kappa shape index (κ2) is 3.36. The lowest BCUT2D eigenvalue weighted by atomic mass is 9.97. The average molecular weight is 205 g/mol. The summed E-state index contributed by atoms with van der Waals surface area (Å²) in [5, 5.41) is 10.9. The highest BCUT2D eigenvalue weighted by Crippen LogP contribution is 2.28. The van der Waals surface area contributed by atoms with Gasteiger partial charge in [0.1, 0.15) is 17.4 Å². The summed E-state index contributed by atoms with van der Waals surface area (Å²) in [6.07, 6.45) is -0.787. The molecule has 1 aromatic heterocycles. The Labute approximate surface area is 88.5 Å². The van der Waals surface area contributed by atoms with E-state index in [1.165, 1.54) is 0 Å². The third-order valence-corrected chi connectivity index (χ3v) is 2.42. The summed E-state index contributed by atoms with van der Waals surface area (Å²) in [7, 11) is 0. The van der Waals surface area contributed by atoms with Crippen LogP contribution in [0.4, 0.5) is 0 Å². The molecule has 0 saturated heterocycles. The first-order chi connectivity index (χ1) is 6.98. The third-order valence-electron chi connectivity index (χ3n) is 2.42. The van der Waals surface area contributed by atoms with Crippen LogP contribution in [-0.4, -0.2) is 10.6 Å². The van der Waals surface area contributed by atoms with E-state index in [4.69, 9.17) is 10.2 Å². The van der Waals surface area contributed by atoms with E-state index in [0.29, 0.717) is 5.76 Å². The van der Waals surface area contributed by atoms with Crippen molar-refractivity contribution in [2.24, 2.45) is 5.73 Å². The molecule has 0 radical (unpaired) electrons. The Balaban J connectivity index is 2.45. The largest absolute Gasteiger partial charge is 0.458 e. The molecule has 3 heteroatoms. The number of hydrogen-bond acceptors (Lipinski definition) is 3. The van der Waals surface area contributed by atoms with E-state index in [9.17, 15) is 5.11 Å². The first-order valence-electron chi connectivity index (χ1n) is 4.94. The van der Waals surface area contributed by atoms with Gasteiger partial charge in [0, 0.05) is 10.9 Å². The van der Waals surface area contributed by atoms with Crippen LogP contribution in [-0.2, 0) is 0 Å². The van der Waals surface area contributed by atoms with E-state index in [0.717, 1.165) is 11.0 Å². The minimum absolute atomic E-state index is 0.517. The fourth-order valence-electron chi connectivity index (χ4n) is 1.50. The summed E-state index contributed by atoms with van der Waals surface area (Å²) < 4.78 is 5.53. The lowest BCUT2D eigenvalue weighted by molar-refractivity contribution is 0.0842. The van der Waals surface area contributed by atoms with Crippen LogP contribution in [0.15, 0.2) is 34.7 Å². The van der Waals surface area contributed by atoms with Crippen LogP contribution in [0.1, 0.15) is 25.7 Å². The first kappa shape index (κ1) is 10.2. The highest BCUT2D eigenvalue weighted by atomic mass is 16.4. The fraction of sp³-hybridized carbons (Fsp3) is 0.333. The lowest BCUT2D eigenvalue weighted by Gasteiger charge is -2.23. The molecule has 2 aromatic rings. The van der Waals surface area contributed by atoms with Gasteiger partial charge in [-0.1, -0.05) is 18.2 Å². The monoisotopic (exact) mass is 205 g/mol. The maximum Gasteiger partial charge on any atom is 0.135 e. The zero-order valence-corrected chi connectivity index (χ0v) is 8.90. The zero-order chi connectivity index (χ0) is 11.1. The molecule has 0 fully saturated rings. The van der Waals surface area contributed by atoms with Crippen LogP contribution in [0.3, 0.4) is 0 Å². The van der Waals surface area contributed by atoms with Gasteiger partial charge in [-0.3, -0.25) is 0 Å². The fourth-order valence-corrected chi connectivity index (χ4v) is 1.50. The van der Waals surface area contributed by atoms with Gasteiger partial charge < -0.3 is 15.3 Å². The van der Waals surface area contributed by atoms with E-state index >= 15 is 0 Å². The molecule has 0 saturated carbocycles. The Kier molecular flexibility index (Phi) is 2.29.